The van der Waals surface area contributed by atoms with Crippen LogP contribution in [0, 0.1) is 6.92 Å². The summed E-state index contributed by atoms with van der Waals surface area (Å²) >= 11 is 0. The third-order valence-corrected chi connectivity index (χ3v) is 5.35. The molecule has 2 aromatic carbocycles. The van der Waals surface area contributed by atoms with E-state index in [0.717, 1.165) is 22.3 Å². The van der Waals surface area contributed by atoms with E-state index in [0.29, 0.717) is 24.6 Å². The smallest absolute Gasteiger partial charge is 0.267 e. The molecule has 1 atom stereocenters. The molecule has 0 saturated carbocycles. The van der Waals surface area contributed by atoms with Crippen molar-refractivity contribution in [3.63, 3.8) is 0 Å². The van der Waals surface area contributed by atoms with Crippen molar-refractivity contribution in [3.05, 3.63) is 70.3 Å². The molecule has 2 heterocycles. The number of rotatable bonds is 6. The minimum Gasteiger partial charge on any atom is -0.496 e. The van der Waals surface area contributed by atoms with Crippen LogP contribution < -0.4 is 14.8 Å². The number of amidine groups is 1. The Balaban J connectivity index is 1.57. The molecule has 5 nitrogen and oxygen atoms in total. The number of aryl methyl sites for hydroxylation is 1. The number of nitrogens with one attached hydrogen (secondary N) is 1. The number of hydrogen-bond donors (Lipinski definition) is 1. The number of methoxy groups -OCH3 is 1. The van der Waals surface area contributed by atoms with Crippen molar-refractivity contribution in [2.24, 2.45) is 4.99 Å². The molecule has 1 amide bonds. The van der Waals surface area contributed by atoms with Gasteiger partial charge in [-0.25, -0.2) is 8.78 Å². The molecule has 4 rings (SSSR count). The van der Waals surface area contributed by atoms with Crippen molar-refractivity contribution < 1.29 is 23.0 Å². The van der Waals surface area contributed by atoms with Gasteiger partial charge in [0.05, 0.1) is 19.2 Å². The number of amides is 1. The number of halogens is 2. The summed E-state index contributed by atoms with van der Waals surface area (Å²) in [6.07, 6.45) is -0.255. The van der Waals surface area contributed by atoms with Gasteiger partial charge in [-0.05, 0) is 30.7 Å². The zero-order valence-electron chi connectivity index (χ0n) is 16.7. The third-order valence-electron chi connectivity index (χ3n) is 5.35. The van der Waals surface area contributed by atoms with Crippen molar-refractivity contribution in [1.29, 1.82) is 0 Å². The Morgan fingerprint density at radius 3 is 2.80 bits per heavy atom. The minimum atomic E-state index is -2.61. The molecule has 2 aliphatic heterocycles. The first-order valence-electron chi connectivity index (χ1n) is 9.69. The molecular formula is C23H22F2N2O3. The lowest BCUT2D eigenvalue weighted by molar-refractivity contribution is -0.120. The number of hydrogen-bond acceptors (Lipinski definition) is 4. The molecule has 1 N–H and O–H groups in total. The second kappa shape index (κ2) is 8.26. The SMILES string of the molecule is COc1cc(C2CC(=O)NC3=NCC=C32)ccc1COc1ccc(C)cc1C(F)F. The van der Waals surface area contributed by atoms with Gasteiger partial charge in [0.1, 0.15) is 23.9 Å². The molecular weight excluding hydrogens is 390 g/mol. The number of alkyl halides is 2. The number of aliphatic imine (C=N–C) groups is 1. The number of fused-ring (bicyclic) bond motifs is 1. The fraction of sp³-hybridized carbons (Fsp3) is 0.304. The lowest BCUT2D eigenvalue weighted by Gasteiger charge is -2.26. The molecule has 1 fully saturated rings. The molecule has 0 bridgehead atoms. The van der Waals surface area contributed by atoms with Crippen LogP contribution >= 0.6 is 0 Å². The summed E-state index contributed by atoms with van der Waals surface area (Å²) in [5.41, 5.74) is 3.31. The van der Waals surface area contributed by atoms with Crippen LogP contribution in [0.2, 0.25) is 0 Å². The van der Waals surface area contributed by atoms with E-state index in [1.165, 1.54) is 6.07 Å². The molecule has 7 heteroatoms. The predicted molar refractivity (Wildman–Crippen MR) is 109 cm³/mol. The Hall–Kier alpha value is -3.22. The van der Waals surface area contributed by atoms with Gasteiger partial charge in [-0.1, -0.05) is 29.8 Å². The van der Waals surface area contributed by atoms with Gasteiger partial charge in [-0.3, -0.25) is 9.79 Å². The van der Waals surface area contributed by atoms with Crippen LogP contribution in [0.15, 0.2) is 53.0 Å². The average molecular weight is 412 g/mol. The van der Waals surface area contributed by atoms with Crippen molar-refractivity contribution in [1.82, 2.24) is 5.32 Å². The molecule has 1 unspecified atom stereocenters. The maximum atomic E-state index is 13.3. The zero-order chi connectivity index (χ0) is 21.3. The van der Waals surface area contributed by atoms with Crippen LogP contribution in [0.25, 0.3) is 0 Å². The summed E-state index contributed by atoms with van der Waals surface area (Å²) in [7, 11) is 1.55. The number of nitrogens with zero attached hydrogens (tertiary/aromatic N) is 1. The Morgan fingerprint density at radius 1 is 1.20 bits per heavy atom. The number of benzene rings is 2. The summed E-state index contributed by atoms with van der Waals surface area (Å²) in [6.45, 7) is 2.42. The van der Waals surface area contributed by atoms with Crippen molar-refractivity contribution in [2.75, 3.05) is 13.7 Å². The summed E-state index contributed by atoms with van der Waals surface area (Å²) in [5, 5.41) is 2.81. The predicted octanol–water partition coefficient (Wildman–Crippen LogP) is 4.46. The van der Waals surface area contributed by atoms with E-state index in [4.69, 9.17) is 9.47 Å². The normalized spacial score (nSPS) is 17.9. The Kier molecular flexibility index (Phi) is 5.53. The fourth-order valence-electron chi connectivity index (χ4n) is 3.84. The van der Waals surface area contributed by atoms with E-state index in [1.54, 1.807) is 26.2 Å². The molecule has 2 aliphatic rings. The quantitative estimate of drug-likeness (QED) is 0.762. The summed E-state index contributed by atoms with van der Waals surface area (Å²) in [6, 6.07) is 10.4. The lowest BCUT2D eigenvalue weighted by Crippen LogP contribution is -2.38. The standard InChI is InChI=1S/C23H22F2N2O3/c1-13-3-6-19(18(9-13)22(24)25)30-12-15-5-4-14(10-20(15)29-2)17-11-21(28)27-23-16(17)7-8-26-23/h3-7,9-10,17,22H,8,11-12H2,1-2H3,(H,26,27,28). The van der Waals surface area contributed by atoms with Gasteiger partial charge in [0.2, 0.25) is 5.91 Å². The van der Waals surface area contributed by atoms with Crippen LogP contribution in [-0.2, 0) is 11.4 Å². The number of carbonyl (C=O) groups excluding carboxylic acids is 1. The molecule has 0 aliphatic carbocycles. The van der Waals surface area contributed by atoms with E-state index in [9.17, 15) is 13.6 Å². The van der Waals surface area contributed by atoms with Gasteiger partial charge in [0.15, 0.2) is 0 Å². The summed E-state index contributed by atoms with van der Waals surface area (Å²) in [5.74, 6) is 1.22. The van der Waals surface area contributed by atoms with Crippen LogP contribution in [0.1, 0.15) is 41.0 Å². The van der Waals surface area contributed by atoms with E-state index in [1.807, 2.05) is 24.3 Å². The highest BCUT2D eigenvalue weighted by atomic mass is 19.3. The highest BCUT2D eigenvalue weighted by Crippen LogP contribution is 2.36. The number of piperidine rings is 1. The highest BCUT2D eigenvalue weighted by molar-refractivity contribution is 6.12. The summed E-state index contributed by atoms with van der Waals surface area (Å²) in [4.78, 5) is 16.4. The molecule has 1 saturated heterocycles. The third kappa shape index (κ3) is 3.92. The maximum absolute atomic E-state index is 13.3. The molecule has 156 valence electrons. The number of carbonyl (C=O) groups is 1. The van der Waals surface area contributed by atoms with Crippen LogP contribution in [0.5, 0.6) is 11.5 Å². The van der Waals surface area contributed by atoms with Gasteiger partial charge in [-0.2, -0.15) is 0 Å². The average Bonchev–Trinajstić information content (AvgIpc) is 3.20. The second-order valence-electron chi connectivity index (χ2n) is 7.36. The Morgan fingerprint density at radius 2 is 2.03 bits per heavy atom. The Labute approximate surface area is 173 Å². The first-order valence-corrected chi connectivity index (χ1v) is 9.69. The topological polar surface area (TPSA) is 59.9 Å². The van der Waals surface area contributed by atoms with Crippen molar-refractivity contribution >= 4 is 11.7 Å². The Bertz CT molecular complexity index is 1050. The van der Waals surface area contributed by atoms with Gasteiger partial charge >= 0.3 is 0 Å². The second-order valence-corrected chi connectivity index (χ2v) is 7.36. The monoisotopic (exact) mass is 412 g/mol. The van der Waals surface area contributed by atoms with Crippen LogP contribution in [-0.4, -0.2) is 25.4 Å². The fourth-order valence-corrected chi connectivity index (χ4v) is 3.84. The van der Waals surface area contributed by atoms with E-state index in [-0.39, 0.29) is 29.7 Å². The summed E-state index contributed by atoms with van der Waals surface area (Å²) < 4.78 is 37.9. The van der Waals surface area contributed by atoms with E-state index >= 15 is 0 Å². The molecule has 0 aromatic heterocycles. The lowest BCUT2D eigenvalue weighted by atomic mass is 9.84. The van der Waals surface area contributed by atoms with Gasteiger partial charge in [0, 0.05) is 23.5 Å². The largest absolute Gasteiger partial charge is 0.496 e. The first-order chi connectivity index (χ1) is 14.5. The zero-order valence-corrected chi connectivity index (χ0v) is 16.7. The van der Waals surface area contributed by atoms with Crippen LogP contribution in [0.3, 0.4) is 0 Å². The minimum absolute atomic E-state index is 0.0666. The maximum Gasteiger partial charge on any atom is 0.267 e. The van der Waals surface area contributed by atoms with Gasteiger partial charge in [-0.15, -0.1) is 0 Å². The molecule has 0 spiro atoms. The van der Waals surface area contributed by atoms with E-state index in [2.05, 4.69) is 10.3 Å². The first kappa shape index (κ1) is 20.1. The van der Waals surface area contributed by atoms with Crippen LogP contribution in [0.4, 0.5) is 8.78 Å². The molecule has 0 radical (unpaired) electrons. The highest BCUT2D eigenvalue weighted by Gasteiger charge is 2.32. The molecule has 2 aromatic rings. The number of ether oxygens (including phenoxy) is 2. The van der Waals surface area contributed by atoms with Gasteiger partial charge < -0.3 is 14.8 Å². The van der Waals surface area contributed by atoms with Crippen molar-refractivity contribution in [2.45, 2.75) is 32.3 Å². The van der Waals surface area contributed by atoms with Gasteiger partial charge in [0.25, 0.3) is 6.43 Å². The van der Waals surface area contributed by atoms with Crippen molar-refractivity contribution in [3.8, 4) is 11.5 Å². The van der Waals surface area contributed by atoms with E-state index < -0.39 is 6.43 Å². The molecule has 30 heavy (non-hydrogen) atoms.